The summed E-state index contributed by atoms with van der Waals surface area (Å²) in [5.74, 6) is 0.536. The molecule has 0 heterocycles. The first kappa shape index (κ1) is 19.9. The molecule has 8 heteroatoms. The van der Waals surface area contributed by atoms with Crippen molar-refractivity contribution in [1.82, 2.24) is 10.0 Å². The molecule has 1 aromatic carbocycles. The van der Waals surface area contributed by atoms with Gasteiger partial charge in [0.15, 0.2) is 0 Å². The Morgan fingerprint density at radius 3 is 2.39 bits per heavy atom. The molecule has 1 amide bonds. The Hall–Kier alpha value is -1.15. The lowest BCUT2D eigenvalue weighted by atomic mass is 10.1. The van der Waals surface area contributed by atoms with Crippen molar-refractivity contribution in [3.05, 3.63) is 29.8 Å². The summed E-state index contributed by atoms with van der Waals surface area (Å²) in [7, 11) is -2.03. The predicted octanol–water partition coefficient (Wildman–Crippen LogP) is 0.803. The molecule has 6 nitrogen and oxygen atoms in total. The van der Waals surface area contributed by atoms with Gasteiger partial charge in [0.25, 0.3) is 0 Å². The Bertz CT molecular complexity index is 615. The molecule has 0 bridgehead atoms. The first-order valence-electron chi connectivity index (χ1n) is 7.48. The molecular formula is C15H24ClN3O3S. The number of amides is 1. The number of hydrogen-bond donors (Lipinski definition) is 3. The quantitative estimate of drug-likeness (QED) is 0.637. The van der Waals surface area contributed by atoms with Gasteiger partial charge >= 0.3 is 0 Å². The number of sulfonamides is 1. The van der Waals surface area contributed by atoms with Crippen molar-refractivity contribution >= 4 is 28.3 Å². The van der Waals surface area contributed by atoms with Crippen molar-refractivity contribution in [1.29, 1.82) is 0 Å². The number of nitrogens with one attached hydrogen (secondary N) is 2. The van der Waals surface area contributed by atoms with Gasteiger partial charge in [0.1, 0.15) is 0 Å². The Morgan fingerprint density at radius 2 is 1.91 bits per heavy atom. The average Bonchev–Trinajstić information content (AvgIpc) is 3.35. The summed E-state index contributed by atoms with van der Waals surface area (Å²) in [4.78, 5) is 12.1. The standard InChI is InChI=1S/C15H23N3O3S.ClH/c1-17-22(20,21)13-7-2-11(3-8-13)4-9-15(19)18-14(10-16)12-5-6-12;/h2-3,7-8,12,14,17H,4-6,9-10,16H2,1H3,(H,18,19);1H. The molecule has 0 spiro atoms. The predicted molar refractivity (Wildman–Crippen MR) is 92.0 cm³/mol. The molecule has 23 heavy (non-hydrogen) atoms. The van der Waals surface area contributed by atoms with Crippen LogP contribution in [0.5, 0.6) is 0 Å². The molecule has 4 N–H and O–H groups in total. The van der Waals surface area contributed by atoms with Crippen LogP contribution in [0.4, 0.5) is 0 Å². The number of carbonyl (C=O) groups is 1. The van der Waals surface area contributed by atoms with Crippen LogP contribution in [-0.4, -0.2) is 34.0 Å². The second kappa shape index (κ2) is 8.63. The highest BCUT2D eigenvalue weighted by atomic mass is 35.5. The molecule has 1 atom stereocenters. The lowest BCUT2D eigenvalue weighted by Gasteiger charge is -2.15. The van der Waals surface area contributed by atoms with Gasteiger partial charge in [0.2, 0.25) is 15.9 Å². The monoisotopic (exact) mass is 361 g/mol. The second-order valence-electron chi connectivity index (χ2n) is 5.60. The molecule has 1 unspecified atom stereocenters. The second-order valence-corrected chi connectivity index (χ2v) is 7.49. The molecule has 0 radical (unpaired) electrons. The van der Waals surface area contributed by atoms with E-state index in [0.29, 0.717) is 25.3 Å². The molecule has 1 aliphatic carbocycles. The number of nitrogens with two attached hydrogens (primary N) is 1. The van der Waals surface area contributed by atoms with Gasteiger partial charge in [-0.3, -0.25) is 4.79 Å². The van der Waals surface area contributed by atoms with Crippen LogP contribution >= 0.6 is 12.4 Å². The van der Waals surface area contributed by atoms with Crippen LogP contribution in [0.25, 0.3) is 0 Å². The van der Waals surface area contributed by atoms with Gasteiger partial charge in [-0.1, -0.05) is 12.1 Å². The van der Waals surface area contributed by atoms with E-state index in [1.165, 1.54) is 7.05 Å². The maximum absolute atomic E-state index is 11.9. The van der Waals surface area contributed by atoms with Gasteiger partial charge in [0.05, 0.1) is 4.90 Å². The van der Waals surface area contributed by atoms with Crippen LogP contribution < -0.4 is 15.8 Å². The third-order valence-corrected chi connectivity index (χ3v) is 5.36. The Morgan fingerprint density at radius 1 is 1.30 bits per heavy atom. The summed E-state index contributed by atoms with van der Waals surface area (Å²) in [5, 5.41) is 2.97. The smallest absolute Gasteiger partial charge is 0.240 e. The normalized spacial score (nSPS) is 15.6. The van der Waals surface area contributed by atoms with E-state index in [9.17, 15) is 13.2 Å². The third-order valence-electron chi connectivity index (χ3n) is 3.93. The number of aryl methyl sites for hydroxylation is 1. The number of halogens is 1. The minimum atomic E-state index is -3.41. The molecule has 1 fully saturated rings. The molecule has 0 aliphatic heterocycles. The topological polar surface area (TPSA) is 101 Å². The summed E-state index contributed by atoms with van der Waals surface area (Å²) < 4.78 is 25.5. The SMILES string of the molecule is CNS(=O)(=O)c1ccc(CCC(=O)NC(CN)C2CC2)cc1.Cl. The zero-order valence-electron chi connectivity index (χ0n) is 13.1. The van der Waals surface area contributed by atoms with E-state index in [4.69, 9.17) is 5.73 Å². The van der Waals surface area contributed by atoms with Crippen LogP contribution in [0.3, 0.4) is 0 Å². The van der Waals surface area contributed by atoms with E-state index in [-0.39, 0.29) is 29.3 Å². The van der Waals surface area contributed by atoms with Crippen molar-refractivity contribution in [2.24, 2.45) is 11.7 Å². The van der Waals surface area contributed by atoms with E-state index in [1.54, 1.807) is 24.3 Å². The summed E-state index contributed by atoms with van der Waals surface area (Å²) in [6.07, 6.45) is 3.24. The minimum Gasteiger partial charge on any atom is -0.352 e. The first-order valence-corrected chi connectivity index (χ1v) is 8.96. The summed E-state index contributed by atoms with van der Waals surface area (Å²) in [6, 6.07) is 6.66. The lowest BCUT2D eigenvalue weighted by Crippen LogP contribution is -2.41. The van der Waals surface area contributed by atoms with Crippen molar-refractivity contribution in [3.63, 3.8) is 0 Å². The van der Waals surface area contributed by atoms with Gasteiger partial charge in [0, 0.05) is 19.0 Å². The van der Waals surface area contributed by atoms with E-state index >= 15 is 0 Å². The zero-order valence-corrected chi connectivity index (χ0v) is 14.8. The summed E-state index contributed by atoms with van der Waals surface area (Å²) in [5.41, 5.74) is 6.59. The van der Waals surface area contributed by atoms with E-state index in [2.05, 4.69) is 10.0 Å². The maximum Gasteiger partial charge on any atom is 0.240 e. The van der Waals surface area contributed by atoms with Gasteiger partial charge in [-0.15, -0.1) is 12.4 Å². The van der Waals surface area contributed by atoms with Crippen LogP contribution in [-0.2, 0) is 21.2 Å². The van der Waals surface area contributed by atoms with Crippen molar-refractivity contribution in [2.75, 3.05) is 13.6 Å². The maximum atomic E-state index is 11.9. The molecule has 130 valence electrons. The van der Waals surface area contributed by atoms with E-state index < -0.39 is 10.0 Å². The van der Waals surface area contributed by atoms with Crippen molar-refractivity contribution in [2.45, 2.75) is 36.6 Å². The van der Waals surface area contributed by atoms with Gasteiger partial charge in [-0.2, -0.15) is 0 Å². The number of benzene rings is 1. The Kier molecular flexibility index (Phi) is 7.47. The average molecular weight is 362 g/mol. The van der Waals surface area contributed by atoms with Crippen molar-refractivity contribution < 1.29 is 13.2 Å². The zero-order chi connectivity index (χ0) is 16.2. The van der Waals surface area contributed by atoms with Crippen LogP contribution in [0.15, 0.2) is 29.2 Å². The fourth-order valence-electron chi connectivity index (χ4n) is 2.36. The molecule has 2 rings (SSSR count). The fourth-order valence-corrected chi connectivity index (χ4v) is 3.09. The number of rotatable bonds is 8. The number of carbonyl (C=O) groups excluding carboxylic acids is 1. The Labute approximate surface area is 143 Å². The van der Waals surface area contributed by atoms with Crippen molar-refractivity contribution in [3.8, 4) is 0 Å². The van der Waals surface area contributed by atoms with Gasteiger partial charge < -0.3 is 11.1 Å². The Balaban J connectivity index is 0.00000264. The van der Waals surface area contributed by atoms with Crippen LogP contribution in [0.2, 0.25) is 0 Å². The minimum absolute atomic E-state index is 0. The molecule has 0 aromatic heterocycles. The third kappa shape index (κ3) is 5.76. The highest BCUT2D eigenvalue weighted by Crippen LogP contribution is 2.32. The van der Waals surface area contributed by atoms with Crippen LogP contribution in [0.1, 0.15) is 24.8 Å². The molecular weight excluding hydrogens is 338 g/mol. The molecule has 1 saturated carbocycles. The van der Waals surface area contributed by atoms with E-state index in [1.807, 2.05) is 0 Å². The highest BCUT2D eigenvalue weighted by molar-refractivity contribution is 7.89. The highest BCUT2D eigenvalue weighted by Gasteiger charge is 2.30. The van der Waals surface area contributed by atoms with Gasteiger partial charge in [-0.05, 0) is 49.9 Å². The van der Waals surface area contributed by atoms with Crippen LogP contribution in [0, 0.1) is 5.92 Å². The molecule has 1 aliphatic rings. The first-order chi connectivity index (χ1) is 10.5. The fraction of sp³-hybridized carbons (Fsp3) is 0.533. The molecule has 1 aromatic rings. The summed E-state index contributed by atoms with van der Waals surface area (Å²) in [6.45, 7) is 0.479. The summed E-state index contributed by atoms with van der Waals surface area (Å²) >= 11 is 0. The van der Waals surface area contributed by atoms with Gasteiger partial charge in [-0.25, -0.2) is 13.1 Å². The van der Waals surface area contributed by atoms with E-state index in [0.717, 1.165) is 18.4 Å². The molecule has 0 saturated heterocycles. The lowest BCUT2D eigenvalue weighted by molar-refractivity contribution is -0.121. The number of hydrogen-bond acceptors (Lipinski definition) is 4. The largest absolute Gasteiger partial charge is 0.352 e.